The second-order valence-electron chi connectivity index (χ2n) is 7.40. The molecular weight excluding hydrogens is 372 g/mol. The van der Waals surface area contributed by atoms with Crippen LogP contribution in [0, 0.1) is 23.0 Å². The zero-order chi connectivity index (χ0) is 20.8. The fourth-order valence-electron chi connectivity index (χ4n) is 3.63. The Morgan fingerprint density at radius 1 is 1.17 bits per heavy atom. The third-order valence-electron chi connectivity index (χ3n) is 5.13. The Kier molecular flexibility index (Phi) is 6.59. The molecule has 1 saturated carbocycles. The maximum absolute atomic E-state index is 12.9. The van der Waals surface area contributed by atoms with Gasteiger partial charge in [0.15, 0.2) is 0 Å². The van der Waals surface area contributed by atoms with Gasteiger partial charge in [-0.1, -0.05) is 49.2 Å². The van der Waals surface area contributed by atoms with Crippen LogP contribution in [0.1, 0.15) is 49.3 Å². The average Bonchev–Trinajstić information content (AvgIpc) is 3.21. The van der Waals surface area contributed by atoms with E-state index >= 15 is 0 Å². The summed E-state index contributed by atoms with van der Waals surface area (Å²) in [5, 5.41) is 13.9. The molecule has 1 aliphatic carbocycles. The van der Waals surface area contributed by atoms with Crippen LogP contribution in [0.2, 0.25) is 0 Å². The lowest BCUT2D eigenvalue weighted by atomic mass is 10.0. The van der Waals surface area contributed by atoms with E-state index in [2.05, 4.69) is 5.32 Å². The third kappa shape index (κ3) is 5.40. The van der Waals surface area contributed by atoms with Crippen LogP contribution in [0.5, 0.6) is 0 Å². The number of amides is 1. The van der Waals surface area contributed by atoms with Crippen molar-refractivity contribution >= 4 is 23.3 Å². The number of anilines is 1. The number of nitrogens with one attached hydrogen (secondary N) is 1. The summed E-state index contributed by atoms with van der Waals surface area (Å²) in [6, 6.07) is 13.2. The molecule has 2 aromatic rings. The molecule has 1 fully saturated rings. The smallest absolute Gasteiger partial charge is 0.307 e. The number of rotatable bonds is 7. The lowest BCUT2D eigenvalue weighted by molar-refractivity contribution is -0.384. The molecule has 29 heavy (non-hydrogen) atoms. The number of aryl methyl sites for hydroxylation is 1. The van der Waals surface area contributed by atoms with Gasteiger partial charge in [-0.25, -0.2) is 0 Å². The minimum absolute atomic E-state index is 0.0679. The van der Waals surface area contributed by atoms with Crippen molar-refractivity contribution in [3.63, 3.8) is 0 Å². The molecule has 0 saturated heterocycles. The van der Waals surface area contributed by atoms with E-state index in [1.807, 2.05) is 0 Å². The van der Waals surface area contributed by atoms with E-state index in [1.165, 1.54) is 12.1 Å². The summed E-state index contributed by atoms with van der Waals surface area (Å²) in [4.78, 5) is 36.2. The lowest BCUT2D eigenvalue weighted by Crippen LogP contribution is -2.26. The first kappa shape index (κ1) is 20.5. The van der Waals surface area contributed by atoms with Gasteiger partial charge in [-0.3, -0.25) is 19.7 Å². The molecule has 0 unspecified atom stereocenters. The first-order valence-corrected chi connectivity index (χ1v) is 9.74. The fourth-order valence-corrected chi connectivity index (χ4v) is 3.63. The van der Waals surface area contributed by atoms with Gasteiger partial charge in [0.05, 0.1) is 4.92 Å². The number of nitrogens with zero attached hydrogens (tertiary/aromatic N) is 1. The second kappa shape index (κ2) is 9.32. The number of benzene rings is 2. The summed E-state index contributed by atoms with van der Waals surface area (Å²) in [6.07, 6.45) is 3.31. The number of hydrogen-bond donors (Lipinski definition) is 1. The molecule has 7 heteroatoms. The summed E-state index contributed by atoms with van der Waals surface area (Å²) in [6.45, 7) is 1.73. The Morgan fingerprint density at radius 3 is 2.52 bits per heavy atom. The van der Waals surface area contributed by atoms with E-state index in [9.17, 15) is 19.7 Å². The summed E-state index contributed by atoms with van der Waals surface area (Å²) in [7, 11) is 0. The molecule has 0 spiro atoms. The molecule has 1 amide bonds. The van der Waals surface area contributed by atoms with Gasteiger partial charge in [-0.05, 0) is 37.3 Å². The second-order valence-corrected chi connectivity index (χ2v) is 7.40. The Bertz CT molecular complexity index is 891. The zero-order valence-electron chi connectivity index (χ0n) is 16.3. The van der Waals surface area contributed by atoms with Gasteiger partial charge in [0.25, 0.3) is 11.6 Å². The normalized spacial score (nSPS) is 14.9. The van der Waals surface area contributed by atoms with Crippen molar-refractivity contribution < 1.29 is 19.2 Å². The number of nitro benzene ring substituents is 1. The van der Waals surface area contributed by atoms with Gasteiger partial charge in [0.2, 0.25) is 6.10 Å². The van der Waals surface area contributed by atoms with Gasteiger partial charge in [0, 0.05) is 18.1 Å². The molecule has 1 atom stereocenters. The largest absolute Gasteiger partial charge is 0.447 e. The van der Waals surface area contributed by atoms with E-state index in [0.717, 1.165) is 25.7 Å². The summed E-state index contributed by atoms with van der Waals surface area (Å²) in [5.74, 6) is -0.762. The molecule has 3 rings (SSSR count). The molecule has 1 N–H and O–H groups in total. The van der Waals surface area contributed by atoms with Crippen LogP contribution < -0.4 is 5.32 Å². The fraction of sp³-hybridized carbons (Fsp3) is 0.364. The van der Waals surface area contributed by atoms with Gasteiger partial charge < -0.3 is 10.1 Å². The highest BCUT2D eigenvalue weighted by Gasteiger charge is 2.28. The van der Waals surface area contributed by atoms with Crippen LogP contribution in [0.15, 0.2) is 48.5 Å². The van der Waals surface area contributed by atoms with Crippen molar-refractivity contribution in [3.8, 4) is 0 Å². The zero-order valence-corrected chi connectivity index (χ0v) is 16.3. The molecule has 7 nitrogen and oxygen atoms in total. The monoisotopic (exact) mass is 396 g/mol. The number of carbonyl (C=O) groups excluding carboxylic acids is 2. The highest BCUT2D eigenvalue weighted by atomic mass is 16.6. The number of carbonyl (C=O) groups is 2. The maximum atomic E-state index is 12.9. The van der Waals surface area contributed by atoms with Crippen molar-refractivity contribution in [1.29, 1.82) is 0 Å². The highest BCUT2D eigenvalue weighted by molar-refractivity contribution is 5.97. The number of esters is 1. The van der Waals surface area contributed by atoms with E-state index in [-0.39, 0.29) is 17.8 Å². The highest BCUT2D eigenvalue weighted by Crippen LogP contribution is 2.30. The summed E-state index contributed by atoms with van der Waals surface area (Å²) >= 11 is 0. The van der Waals surface area contributed by atoms with Gasteiger partial charge in [-0.15, -0.1) is 0 Å². The quantitative estimate of drug-likeness (QED) is 0.415. The molecule has 152 valence electrons. The SMILES string of the molecule is Cc1ccc(NC(=O)[C@H](OC(=O)CC2CCCC2)c2ccccc2)c([N+](=O)[O-])c1. The topological polar surface area (TPSA) is 98.5 Å². The minimum atomic E-state index is -1.17. The van der Waals surface area contributed by atoms with Crippen molar-refractivity contribution in [2.45, 2.75) is 45.1 Å². The predicted molar refractivity (Wildman–Crippen MR) is 108 cm³/mol. The minimum Gasteiger partial charge on any atom is -0.447 e. The van der Waals surface area contributed by atoms with Crippen molar-refractivity contribution in [2.75, 3.05) is 5.32 Å². The predicted octanol–water partition coefficient (Wildman–Crippen LogP) is 4.71. The van der Waals surface area contributed by atoms with E-state index in [4.69, 9.17) is 4.74 Å². The lowest BCUT2D eigenvalue weighted by Gasteiger charge is -2.19. The molecule has 0 heterocycles. The Morgan fingerprint density at radius 2 is 1.86 bits per heavy atom. The molecule has 0 radical (unpaired) electrons. The van der Waals surface area contributed by atoms with E-state index in [1.54, 1.807) is 43.3 Å². The molecular formula is C22H24N2O5. The van der Waals surface area contributed by atoms with E-state index < -0.39 is 22.9 Å². The van der Waals surface area contributed by atoms with Crippen molar-refractivity contribution in [2.24, 2.45) is 5.92 Å². The van der Waals surface area contributed by atoms with Gasteiger partial charge in [0.1, 0.15) is 5.69 Å². The van der Waals surface area contributed by atoms with Gasteiger partial charge >= 0.3 is 5.97 Å². The van der Waals surface area contributed by atoms with Crippen LogP contribution in [0.3, 0.4) is 0 Å². The first-order valence-electron chi connectivity index (χ1n) is 9.74. The van der Waals surface area contributed by atoms with Crippen LogP contribution in [-0.4, -0.2) is 16.8 Å². The number of hydrogen-bond acceptors (Lipinski definition) is 5. The molecule has 1 aliphatic rings. The molecule has 0 bridgehead atoms. The van der Waals surface area contributed by atoms with Crippen LogP contribution in [0.25, 0.3) is 0 Å². The number of ether oxygens (including phenoxy) is 1. The Balaban J connectivity index is 1.79. The summed E-state index contributed by atoms with van der Waals surface area (Å²) in [5.41, 5.74) is 1.08. The van der Waals surface area contributed by atoms with Crippen LogP contribution in [0.4, 0.5) is 11.4 Å². The molecule has 0 aliphatic heterocycles. The summed E-state index contributed by atoms with van der Waals surface area (Å²) < 4.78 is 5.54. The van der Waals surface area contributed by atoms with Crippen molar-refractivity contribution in [3.05, 3.63) is 69.8 Å². The Hall–Kier alpha value is -3.22. The molecule has 0 aromatic heterocycles. The first-order chi connectivity index (χ1) is 13.9. The Labute approximate surface area is 169 Å². The third-order valence-corrected chi connectivity index (χ3v) is 5.13. The van der Waals surface area contributed by atoms with Crippen LogP contribution >= 0.6 is 0 Å². The van der Waals surface area contributed by atoms with Gasteiger partial charge in [-0.2, -0.15) is 0 Å². The maximum Gasteiger partial charge on any atom is 0.307 e. The number of nitro groups is 1. The van der Waals surface area contributed by atoms with Crippen LogP contribution in [-0.2, 0) is 14.3 Å². The average molecular weight is 396 g/mol. The standard InChI is InChI=1S/C22H24N2O5/c1-15-11-12-18(19(13-15)24(27)28)23-22(26)21(17-9-3-2-4-10-17)29-20(25)14-16-7-5-6-8-16/h2-4,9-13,16,21H,5-8,14H2,1H3,(H,23,26)/t21-/m1/s1. The van der Waals surface area contributed by atoms with Crippen molar-refractivity contribution in [1.82, 2.24) is 0 Å². The molecule has 2 aromatic carbocycles. The van der Waals surface area contributed by atoms with E-state index in [0.29, 0.717) is 17.0 Å².